The summed E-state index contributed by atoms with van der Waals surface area (Å²) in [5.41, 5.74) is 0. The van der Waals surface area contributed by atoms with Gasteiger partial charge >= 0.3 is 0 Å². The molecule has 1 saturated heterocycles. The molecule has 0 bridgehead atoms. The van der Waals surface area contributed by atoms with E-state index in [0.717, 1.165) is 18.7 Å². The molecular weight excluding hydrogens is 226 g/mol. The Balaban J connectivity index is 1.81. The van der Waals surface area contributed by atoms with Gasteiger partial charge in [-0.15, -0.1) is 0 Å². The van der Waals surface area contributed by atoms with Crippen molar-refractivity contribution in [1.29, 1.82) is 0 Å². The number of ether oxygens (including phenoxy) is 1. The van der Waals surface area contributed by atoms with Gasteiger partial charge in [0.1, 0.15) is 6.61 Å². The van der Waals surface area contributed by atoms with Crippen LogP contribution in [0.5, 0.6) is 0 Å². The average molecular weight is 243 g/mol. The fraction of sp³-hybridized carbons (Fsp3) is 0.800. The highest BCUT2D eigenvalue weighted by Crippen LogP contribution is 2.11. The molecule has 1 unspecified atom stereocenters. The van der Waals surface area contributed by atoms with Crippen LogP contribution in [0.3, 0.4) is 0 Å². The van der Waals surface area contributed by atoms with Crippen molar-refractivity contribution in [2.45, 2.75) is 26.0 Å². The van der Waals surface area contributed by atoms with Crippen LogP contribution in [0.1, 0.15) is 18.6 Å². The summed E-state index contributed by atoms with van der Waals surface area (Å²) >= 11 is 1.97. The van der Waals surface area contributed by atoms with Crippen molar-refractivity contribution in [1.82, 2.24) is 15.5 Å². The molecular formula is C10H17N3O2S. The van der Waals surface area contributed by atoms with Crippen molar-refractivity contribution in [2.24, 2.45) is 0 Å². The van der Waals surface area contributed by atoms with Crippen LogP contribution in [-0.2, 0) is 17.8 Å². The maximum absolute atomic E-state index is 5.22. The molecule has 0 amide bonds. The minimum atomic E-state index is 0.437. The molecule has 5 nitrogen and oxygen atoms in total. The third kappa shape index (κ3) is 3.47. The van der Waals surface area contributed by atoms with Gasteiger partial charge in [0.15, 0.2) is 5.82 Å². The lowest BCUT2D eigenvalue weighted by atomic mass is 10.2. The number of rotatable bonds is 5. The lowest BCUT2D eigenvalue weighted by Gasteiger charge is -2.21. The van der Waals surface area contributed by atoms with E-state index < -0.39 is 0 Å². The fourth-order valence-corrected chi connectivity index (χ4v) is 2.54. The van der Waals surface area contributed by atoms with Gasteiger partial charge in [-0.05, 0) is 6.92 Å². The molecule has 1 aliphatic rings. The van der Waals surface area contributed by atoms with Crippen molar-refractivity contribution in [3.05, 3.63) is 11.7 Å². The molecule has 1 fully saturated rings. The molecule has 1 aromatic rings. The second kappa shape index (κ2) is 6.22. The number of nitrogens with zero attached hydrogens (tertiary/aromatic N) is 2. The van der Waals surface area contributed by atoms with E-state index in [9.17, 15) is 0 Å². The zero-order valence-corrected chi connectivity index (χ0v) is 10.3. The van der Waals surface area contributed by atoms with Gasteiger partial charge in [0.25, 0.3) is 0 Å². The van der Waals surface area contributed by atoms with Crippen LogP contribution >= 0.6 is 11.8 Å². The maximum atomic E-state index is 5.22. The molecule has 2 rings (SSSR count). The van der Waals surface area contributed by atoms with E-state index in [-0.39, 0.29) is 0 Å². The quantitative estimate of drug-likeness (QED) is 0.827. The van der Waals surface area contributed by atoms with Crippen LogP contribution in [-0.4, -0.2) is 40.8 Å². The van der Waals surface area contributed by atoms with Crippen LogP contribution in [0.15, 0.2) is 4.52 Å². The average Bonchev–Trinajstić information content (AvgIpc) is 2.75. The smallest absolute Gasteiger partial charge is 0.228 e. The normalized spacial score (nSPS) is 21.2. The summed E-state index contributed by atoms with van der Waals surface area (Å²) in [4.78, 5) is 4.29. The number of hydrogen-bond donors (Lipinski definition) is 1. The molecule has 0 saturated carbocycles. The predicted octanol–water partition coefficient (Wildman–Crippen LogP) is 0.854. The summed E-state index contributed by atoms with van der Waals surface area (Å²) < 4.78 is 10.4. The zero-order valence-electron chi connectivity index (χ0n) is 9.44. The van der Waals surface area contributed by atoms with E-state index in [4.69, 9.17) is 9.26 Å². The van der Waals surface area contributed by atoms with E-state index in [1.54, 1.807) is 0 Å². The number of hydrogen-bond acceptors (Lipinski definition) is 6. The third-order valence-corrected chi connectivity index (χ3v) is 3.50. The summed E-state index contributed by atoms with van der Waals surface area (Å²) in [7, 11) is 0. The first-order chi connectivity index (χ1) is 7.88. The highest BCUT2D eigenvalue weighted by atomic mass is 32.2. The Morgan fingerprint density at radius 1 is 1.62 bits per heavy atom. The van der Waals surface area contributed by atoms with E-state index in [0.29, 0.717) is 31.0 Å². The Kier molecular flexibility index (Phi) is 4.62. The second-order valence-electron chi connectivity index (χ2n) is 3.67. The first-order valence-electron chi connectivity index (χ1n) is 5.59. The lowest BCUT2D eigenvalue weighted by molar-refractivity contribution is 0.126. The zero-order chi connectivity index (χ0) is 11.2. The van der Waals surface area contributed by atoms with Gasteiger partial charge in [-0.1, -0.05) is 5.16 Å². The molecule has 1 N–H and O–H groups in total. The van der Waals surface area contributed by atoms with Crippen molar-refractivity contribution >= 4 is 11.8 Å². The Morgan fingerprint density at radius 2 is 2.56 bits per heavy atom. The van der Waals surface area contributed by atoms with E-state index >= 15 is 0 Å². The topological polar surface area (TPSA) is 60.2 Å². The Morgan fingerprint density at radius 3 is 3.31 bits per heavy atom. The first kappa shape index (κ1) is 11.9. The molecule has 90 valence electrons. The highest BCUT2D eigenvalue weighted by molar-refractivity contribution is 7.99. The minimum absolute atomic E-state index is 0.437. The summed E-state index contributed by atoms with van der Waals surface area (Å²) in [6, 6.07) is 0.458. The van der Waals surface area contributed by atoms with Gasteiger partial charge in [0.05, 0.1) is 0 Å². The van der Waals surface area contributed by atoms with E-state index in [1.165, 1.54) is 5.75 Å². The van der Waals surface area contributed by atoms with Crippen LogP contribution < -0.4 is 5.32 Å². The van der Waals surface area contributed by atoms with Crippen LogP contribution in [0.25, 0.3) is 0 Å². The van der Waals surface area contributed by atoms with Gasteiger partial charge in [-0.3, -0.25) is 0 Å². The number of nitrogens with one attached hydrogen (secondary N) is 1. The summed E-state index contributed by atoms with van der Waals surface area (Å²) in [5.74, 6) is 3.65. The van der Waals surface area contributed by atoms with Crippen LogP contribution in [0.2, 0.25) is 0 Å². The van der Waals surface area contributed by atoms with Crippen molar-refractivity contribution < 1.29 is 9.26 Å². The monoisotopic (exact) mass is 243 g/mol. The summed E-state index contributed by atoms with van der Waals surface area (Å²) in [6.45, 7) is 4.12. The molecule has 6 heteroatoms. The van der Waals surface area contributed by atoms with Gasteiger partial charge in [-0.2, -0.15) is 16.7 Å². The predicted molar refractivity (Wildman–Crippen MR) is 62.4 cm³/mol. The molecule has 1 aliphatic heterocycles. The second-order valence-corrected chi connectivity index (χ2v) is 4.82. The molecule has 1 atom stereocenters. The Hall–Kier alpha value is -0.590. The fourth-order valence-electron chi connectivity index (χ4n) is 1.59. The molecule has 0 aromatic carbocycles. The molecule has 0 radical (unpaired) electrons. The third-order valence-electron chi connectivity index (χ3n) is 2.36. The van der Waals surface area contributed by atoms with Gasteiger partial charge < -0.3 is 14.6 Å². The van der Waals surface area contributed by atoms with Crippen molar-refractivity contribution in [3.63, 3.8) is 0 Å². The van der Waals surface area contributed by atoms with Gasteiger partial charge in [0, 0.05) is 37.1 Å². The Labute approximate surface area is 99.3 Å². The summed E-state index contributed by atoms with van der Waals surface area (Å²) in [6.07, 6.45) is 0.812. The maximum Gasteiger partial charge on any atom is 0.228 e. The van der Waals surface area contributed by atoms with Crippen LogP contribution in [0, 0.1) is 0 Å². The van der Waals surface area contributed by atoms with Gasteiger partial charge in [0.2, 0.25) is 5.89 Å². The van der Waals surface area contributed by atoms with Crippen LogP contribution in [0.4, 0.5) is 0 Å². The SMILES string of the molecule is CCOCc1noc(CC2CSCCN2)n1. The standard InChI is InChI=1S/C10H17N3O2S/c1-2-14-6-9-12-10(15-13-9)5-8-7-16-4-3-11-8/h8,11H,2-7H2,1H3. The molecule has 16 heavy (non-hydrogen) atoms. The lowest BCUT2D eigenvalue weighted by Crippen LogP contribution is -2.38. The highest BCUT2D eigenvalue weighted by Gasteiger charge is 2.17. The summed E-state index contributed by atoms with van der Waals surface area (Å²) in [5, 5.41) is 7.31. The van der Waals surface area contributed by atoms with Gasteiger partial charge in [-0.25, -0.2) is 0 Å². The Bertz CT molecular complexity index is 313. The molecule has 2 heterocycles. The molecule has 1 aromatic heterocycles. The van der Waals surface area contributed by atoms with Crippen molar-refractivity contribution in [3.8, 4) is 0 Å². The largest absolute Gasteiger partial charge is 0.374 e. The molecule has 0 aliphatic carbocycles. The van der Waals surface area contributed by atoms with E-state index in [1.807, 2.05) is 18.7 Å². The minimum Gasteiger partial charge on any atom is -0.374 e. The number of thioether (sulfide) groups is 1. The number of aromatic nitrogens is 2. The first-order valence-corrected chi connectivity index (χ1v) is 6.74. The van der Waals surface area contributed by atoms with Crippen molar-refractivity contribution in [2.75, 3.05) is 24.7 Å². The molecule has 0 spiro atoms. The van der Waals surface area contributed by atoms with E-state index in [2.05, 4.69) is 15.5 Å².